The van der Waals surface area contributed by atoms with Gasteiger partial charge in [-0.2, -0.15) is 0 Å². The number of benzene rings is 1. The van der Waals surface area contributed by atoms with Gasteiger partial charge in [0, 0.05) is 24.4 Å². The van der Waals surface area contributed by atoms with Crippen LogP contribution in [0.4, 0.5) is 14.5 Å². The minimum absolute atomic E-state index is 0.475. The van der Waals surface area contributed by atoms with Gasteiger partial charge in [-0.3, -0.25) is 0 Å². The summed E-state index contributed by atoms with van der Waals surface area (Å²) in [6.45, 7) is 4.90. The number of hydrogen-bond acceptors (Lipinski definition) is 3. The van der Waals surface area contributed by atoms with Crippen molar-refractivity contribution in [2.45, 2.75) is 20.4 Å². The third-order valence-corrected chi connectivity index (χ3v) is 2.67. The van der Waals surface area contributed by atoms with E-state index in [0.717, 1.165) is 11.8 Å². The lowest BCUT2D eigenvalue weighted by Gasteiger charge is -2.21. The first kappa shape index (κ1) is 12.5. The van der Waals surface area contributed by atoms with Crippen molar-refractivity contribution in [2.24, 2.45) is 0 Å². The van der Waals surface area contributed by atoms with Crippen molar-refractivity contribution in [3.63, 3.8) is 0 Å². The van der Waals surface area contributed by atoms with Crippen molar-refractivity contribution < 1.29 is 13.3 Å². The highest BCUT2D eigenvalue weighted by Gasteiger charge is 2.11. The van der Waals surface area contributed by atoms with Crippen LogP contribution in [0.25, 0.3) is 0 Å². The molecule has 0 amide bonds. The lowest BCUT2D eigenvalue weighted by atomic mass is 10.2. The van der Waals surface area contributed by atoms with E-state index in [1.807, 2.05) is 24.8 Å². The molecule has 0 fully saturated rings. The van der Waals surface area contributed by atoms with Crippen molar-refractivity contribution in [1.82, 2.24) is 5.16 Å². The van der Waals surface area contributed by atoms with Crippen molar-refractivity contribution in [2.75, 3.05) is 11.4 Å². The number of aryl methyl sites for hydroxylation is 1. The summed E-state index contributed by atoms with van der Waals surface area (Å²) in [5, 5.41) is 3.79. The molecule has 3 nitrogen and oxygen atoms in total. The molecule has 0 atom stereocenters. The van der Waals surface area contributed by atoms with E-state index in [-0.39, 0.29) is 0 Å². The third kappa shape index (κ3) is 2.67. The smallest absolute Gasteiger partial charge is 0.160 e. The van der Waals surface area contributed by atoms with Crippen LogP contribution < -0.4 is 4.90 Å². The molecule has 0 saturated heterocycles. The van der Waals surface area contributed by atoms with E-state index >= 15 is 0 Å². The van der Waals surface area contributed by atoms with Gasteiger partial charge in [0.2, 0.25) is 0 Å². The van der Waals surface area contributed by atoms with Gasteiger partial charge in [0.1, 0.15) is 0 Å². The van der Waals surface area contributed by atoms with Crippen LogP contribution in [0.1, 0.15) is 18.4 Å². The zero-order chi connectivity index (χ0) is 13.1. The fourth-order valence-corrected chi connectivity index (χ4v) is 1.75. The molecule has 0 unspecified atom stereocenters. The molecule has 18 heavy (non-hydrogen) atoms. The summed E-state index contributed by atoms with van der Waals surface area (Å²) < 4.78 is 31.2. The van der Waals surface area contributed by atoms with Crippen LogP contribution in [-0.4, -0.2) is 11.7 Å². The first-order valence-corrected chi connectivity index (χ1v) is 5.72. The largest absolute Gasteiger partial charge is 0.364 e. The molecule has 1 aromatic heterocycles. The van der Waals surface area contributed by atoms with Crippen LogP contribution in [0.3, 0.4) is 0 Å². The van der Waals surface area contributed by atoms with E-state index in [2.05, 4.69) is 5.16 Å². The van der Waals surface area contributed by atoms with E-state index < -0.39 is 11.6 Å². The molecule has 1 heterocycles. The Balaban J connectivity index is 2.19. The van der Waals surface area contributed by atoms with Crippen LogP contribution in [-0.2, 0) is 6.54 Å². The predicted molar refractivity (Wildman–Crippen MR) is 64.3 cm³/mol. The van der Waals surface area contributed by atoms with Crippen LogP contribution in [0, 0.1) is 18.6 Å². The maximum absolute atomic E-state index is 13.2. The van der Waals surface area contributed by atoms with Gasteiger partial charge >= 0.3 is 0 Å². The van der Waals surface area contributed by atoms with Crippen molar-refractivity contribution >= 4 is 5.69 Å². The average Bonchev–Trinajstić information content (AvgIpc) is 2.75. The minimum Gasteiger partial charge on any atom is -0.364 e. The topological polar surface area (TPSA) is 29.3 Å². The second kappa shape index (κ2) is 5.16. The van der Waals surface area contributed by atoms with Crippen LogP contribution in [0.2, 0.25) is 0 Å². The maximum Gasteiger partial charge on any atom is 0.160 e. The summed E-state index contributed by atoms with van der Waals surface area (Å²) in [5.41, 5.74) is 1.41. The zero-order valence-corrected chi connectivity index (χ0v) is 10.3. The average molecular weight is 252 g/mol. The SMILES string of the molecule is CCN(Cc1cc(C)no1)c1ccc(F)c(F)c1. The molecule has 1 aromatic carbocycles. The molecule has 0 aliphatic rings. The summed E-state index contributed by atoms with van der Waals surface area (Å²) in [6, 6.07) is 5.68. The van der Waals surface area contributed by atoms with Gasteiger partial charge in [-0.15, -0.1) is 0 Å². The number of rotatable bonds is 4. The lowest BCUT2D eigenvalue weighted by molar-refractivity contribution is 0.378. The highest BCUT2D eigenvalue weighted by atomic mass is 19.2. The Hall–Kier alpha value is -1.91. The third-order valence-electron chi connectivity index (χ3n) is 2.67. The Labute approximate surface area is 104 Å². The highest BCUT2D eigenvalue weighted by Crippen LogP contribution is 2.20. The fourth-order valence-electron chi connectivity index (χ4n) is 1.75. The molecule has 2 rings (SSSR count). The second-order valence-electron chi connectivity index (χ2n) is 4.05. The normalized spacial score (nSPS) is 10.7. The van der Waals surface area contributed by atoms with Gasteiger partial charge < -0.3 is 9.42 Å². The lowest BCUT2D eigenvalue weighted by Crippen LogP contribution is -2.21. The number of nitrogens with zero attached hydrogens (tertiary/aromatic N) is 2. The summed E-state index contributed by atoms with van der Waals surface area (Å²) in [5.74, 6) is -0.996. The van der Waals surface area contributed by atoms with E-state index in [4.69, 9.17) is 4.52 Å². The van der Waals surface area contributed by atoms with Gasteiger partial charge in [0.05, 0.1) is 12.2 Å². The first-order valence-electron chi connectivity index (χ1n) is 5.72. The Bertz CT molecular complexity index is 540. The Kier molecular flexibility index (Phi) is 3.60. The molecule has 0 saturated carbocycles. The number of hydrogen-bond donors (Lipinski definition) is 0. The Morgan fingerprint density at radius 3 is 2.56 bits per heavy atom. The van der Waals surface area contributed by atoms with E-state index in [1.165, 1.54) is 6.07 Å². The summed E-state index contributed by atoms with van der Waals surface area (Å²) >= 11 is 0. The molecule has 0 radical (unpaired) electrons. The summed E-state index contributed by atoms with van der Waals surface area (Å²) in [7, 11) is 0. The minimum atomic E-state index is -0.847. The molecule has 0 spiro atoms. The highest BCUT2D eigenvalue weighted by molar-refractivity contribution is 5.46. The van der Waals surface area contributed by atoms with Crippen LogP contribution in [0.15, 0.2) is 28.8 Å². The van der Waals surface area contributed by atoms with Gasteiger partial charge in [-0.1, -0.05) is 5.16 Å². The van der Waals surface area contributed by atoms with Crippen molar-refractivity contribution in [3.05, 3.63) is 47.4 Å². The summed E-state index contributed by atoms with van der Waals surface area (Å²) in [6.07, 6.45) is 0. The monoisotopic (exact) mass is 252 g/mol. The quantitative estimate of drug-likeness (QED) is 0.836. The van der Waals surface area contributed by atoms with Gasteiger partial charge in [-0.05, 0) is 26.0 Å². The molecule has 96 valence electrons. The van der Waals surface area contributed by atoms with Gasteiger partial charge in [-0.25, -0.2) is 8.78 Å². The van der Waals surface area contributed by atoms with Crippen LogP contribution in [0.5, 0.6) is 0 Å². The molecular weight excluding hydrogens is 238 g/mol. The molecule has 2 aromatic rings. The number of anilines is 1. The standard InChI is InChI=1S/C13H14F2N2O/c1-3-17(8-11-6-9(2)16-18-11)10-4-5-12(14)13(15)7-10/h4-7H,3,8H2,1-2H3. The number of aromatic nitrogens is 1. The zero-order valence-electron chi connectivity index (χ0n) is 10.3. The molecule has 0 aliphatic heterocycles. The molecule has 0 aliphatic carbocycles. The van der Waals surface area contributed by atoms with Crippen molar-refractivity contribution in [3.8, 4) is 0 Å². The fraction of sp³-hybridized carbons (Fsp3) is 0.308. The second-order valence-corrected chi connectivity index (χ2v) is 4.05. The van der Waals surface area contributed by atoms with Gasteiger partial charge in [0.15, 0.2) is 17.4 Å². The van der Waals surface area contributed by atoms with E-state index in [1.54, 1.807) is 6.07 Å². The summed E-state index contributed by atoms with van der Waals surface area (Å²) in [4.78, 5) is 1.88. The predicted octanol–water partition coefficient (Wildman–Crippen LogP) is 3.29. The van der Waals surface area contributed by atoms with Crippen molar-refractivity contribution in [1.29, 1.82) is 0 Å². The van der Waals surface area contributed by atoms with Gasteiger partial charge in [0.25, 0.3) is 0 Å². The Morgan fingerprint density at radius 1 is 1.22 bits per heavy atom. The van der Waals surface area contributed by atoms with E-state index in [0.29, 0.717) is 24.5 Å². The maximum atomic E-state index is 13.2. The Morgan fingerprint density at radius 2 is 2.00 bits per heavy atom. The molecule has 0 N–H and O–H groups in total. The molecule has 5 heteroatoms. The molecular formula is C13H14F2N2O. The molecule has 0 bridgehead atoms. The number of halogens is 2. The van der Waals surface area contributed by atoms with E-state index in [9.17, 15) is 8.78 Å². The van der Waals surface area contributed by atoms with Crippen LogP contribution >= 0.6 is 0 Å². The first-order chi connectivity index (χ1) is 8.60.